The van der Waals surface area contributed by atoms with E-state index in [0.717, 1.165) is 34.9 Å². The van der Waals surface area contributed by atoms with Gasteiger partial charge >= 0.3 is 0 Å². The lowest BCUT2D eigenvalue weighted by atomic mass is 10.0. The molecule has 2 N–H and O–H groups in total. The van der Waals surface area contributed by atoms with Crippen LogP contribution in [0.2, 0.25) is 0 Å². The Bertz CT molecular complexity index is 1220. The van der Waals surface area contributed by atoms with Crippen molar-refractivity contribution in [3.05, 3.63) is 89.5 Å². The average molecular weight is 349 g/mol. The Morgan fingerprint density at radius 3 is 2.44 bits per heavy atom. The fourth-order valence-corrected chi connectivity index (χ4v) is 3.98. The van der Waals surface area contributed by atoms with Crippen molar-refractivity contribution in [1.82, 2.24) is 0 Å². The predicted molar refractivity (Wildman–Crippen MR) is 114 cm³/mol. The van der Waals surface area contributed by atoms with Crippen LogP contribution in [-0.2, 0) is 12.8 Å². The molecular weight excluding hydrogens is 330 g/mol. The smallest absolute Gasteiger partial charge is 0.220 e. The molecule has 0 bridgehead atoms. The maximum Gasteiger partial charge on any atom is 0.220 e. The van der Waals surface area contributed by atoms with E-state index in [9.17, 15) is 0 Å². The highest BCUT2D eigenvalue weighted by Gasteiger charge is 2.15. The molecular formula is C24H19N3. The first-order chi connectivity index (χ1) is 13.3. The molecule has 0 spiro atoms. The third-order valence-electron chi connectivity index (χ3n) is 5.25. The summed E-state index contributed by atoms with van der Waals surface area (Å²) in [7, 11) is 0. The van der Waals surface area contributed by atoms with Gasteiger partial charge in [0.25, 0.3) is 0 Å². The normalized spacial score (nSPS) is 13.9. The molecule has 0 unspecified atom stereocenters. The second-order valence-electron chi connectivity index (χ2n) is 6.88. The third-order valence-corrected chi connectivity index (χ3v) is 5.25. The highest BCUT2D eigenvalue weighted by Crippen LogP contribution is 2.36. The van der Waals surface area contributed by atoms with Crippen molar-refractivity contribution < 1.29 is 0 Å². The zero-order valence-electron chi connectivity index (χ0n) is 14.9. The second kappa shape index (κ2) is 6.36. The van der Waals surface area contributed by atoms with Crippen LogP contribution in [0.4, 0.5) is 5.69 Å². The summed E-state index contributed by atoms with van der Waals surface area (Å²) in [5, 5.41) is 4.83. The minimum Gasteiger partial charge on any atom is -0.368 e. The Kier molecular flexibility index (Phi) is 3.72. The van der Waals surface area contributed by atoms with Gasteiger partial charge in [0.1, 0.15) is 0 Å². The molecule has 4 aromatic rings. The number of fused-ring (bicyclic) bond motifs is 1. The van der Waals surface area contributed by atoms with Crippen LogP contribution in [-0.4, -0.2) is 12.2 Å². The molecule has 0 saturated carbocycles. The predicted octanol–water partition coefficient (Wildman–Crippen LogP) is 5.16. The number of nitrogens with two attached hydrogens (primary N) is 1. The molecule has 0 radical (unpaired) electrons. The fraction of sp³-hybridized carbons (Fsp3) is 0.0833. The standard InChI is InChI=1S/C24H19N3/c25-24(26-15-19-8-3-6-16-5-1-2-9-20(16)19)27-22-14-13-18-12-11-17-7-4-10-21(22)23(17)18/h1-10,13-15H,11-12H2,(H2,25,27). The maximum absolute atomic E-state index is 6.13. The van der Waals surface area contributed by atoms with Gasteiger partial charge in [0, 0.05) is 17.2 Å². The van der Waals surface area contributed by atoms with Gasteiger partial charge in [-0.1, -0.05) is 66.7 Å². The van der Waals surface area contributed by atoms with Gasteiger partial charge in [0.05, 0.1) is 5.69 Å². The zero-order chi connectivity index (χ0) is 18.2. The summed E-state index contributed by atoms with van der Waals surface area (Å²) in [6, 6.07) is 25.0. The Labute approximate surface area is 157 Å². The number of benzene rings is 4. The molecule has 1 aliphatic rings. The number of nitrogens with zero attached hydrogens (tertiary/aromatic N) is 2. The van der Waals surface area contributed by atoms with Crippen LogP contribution in [0.25, 0.3) is 21.5 Å². The van der Waals surface area contributed by atoms with Crippen molar-refractivity contribution in [2.24, 2.45) is 15.7 Å². The Morgan fingerprint density at radius 2 is 1.52 bits per heavy atom. The highest BCUT2D eigenvalue weighted by atomic mass is 15.0. The zero-order valence-corrected chi connectivity index (χ0v) is 14.9. The minimum absolute atomic E-state index is 0.265. The van der Waals surface area contributed by atoms with E-state index in [-0.39, 0.29) is 5.96 Å². The summed E-state index contributed by atoms with van der Waals surface area (Å²) in [6.45, 7) is 0. The Hall–Kier alpha value is -3.46. The van der Waals surface area contributed by atoms with Gasteiger partial charge in [-0.05, 0) is 46.2 Å². The first kappa shape index (κ1) is 15.8. The topological polar surface area (TPSA) is 50.7 Å². The van der Waals surface area contributed by atoms with Gasteiger partial charge < -0.3 is 5.73 Å². The van der Waals surface area contributed by atoms with E-state index in [1.54, 1.807) is 6.21 Å². The van der Waals surface area contributed by atoms with Crippen LogP contribution in [0.3, 0.4) is 0 Å². The molecule has 0 heterocycles. The van der Waals surface area contributed by atoms with Crippen molar-refractivity contribution >= 4 is 39.4 Å². The quantitative estimate of drug-likeness (QED) is 0.394. The molecule has 0 saturated heterocycles. The summed E-state index contributed by atoms with van der Waals surface area (Å²) in [4.78, 5) is 9.00. The maximum atomic E-state index is 6.13. The molecule has 0 aromatic heterocycles. The summed E-state index contributed by atoms with van der Waals surface area (Å²) in [5.74, 6) is 0.265. The summed E-state index contributed by atoms with van der Waals surface area (Å²) in [6.07, 6.45) is 4.00. The lowest BCUT2D eigenvalue weighted by molar-refractivity contribution is 1.02. The number of rotatable bonds is 2. The first-order valence-electron chi connectivity index (χ1n) is 9.19. The average Bonchev–Trinajstić information content (AvgIpc) is 3.13. The number of guanidine groups is 1. The lowest BCUT2D eigenvalue weighted by Gasteiger charge is -2.05. The molecule has 0 atom stereocenters. The second-order valence-corrected chi connectivity index (χ2v) is 6.88. The fourth-order valence-electron chi connectivity index (χ4n) is 3.98. The molecule has 0 fully saturated rings. The molecule has 1 aliphatic carbocycles. The molecule has 0 aliphatic heterocycles. The van der Waals surface area contributed by atoms with E-state index < -0.39 is 0 Å². The number of aliphatic imine (C=N–C) groups is 2. The molecule has 130 valence electrons. The van der Waals surface area contributed by atoms with Gasteiger partial charge in [0.15, 0.2) is 0 Å². The van der Waals surface area contributed by atoms with Crippen LogP contribution in [0.1, 0.15) is 16.7 Å². The van der Waals surface area contributed by atoms with Crippen LogP contribution < -0.4 is 5.73 Å². The molecule has 27 heavy (non-hydrogen) atoms. The van der Waals surface area contributed by atoms with Crippen molar-refractivity contribution in [3.8, 4) is 0 Å². The monoisotopic (exact) mass is 349 g/mol. The van der Waals surface area contributed by atoms with E-state index >= 15 is 0 Å². The van der Waals surface area contributed by atoms with Gasteiger partial charge in [-0.25, -0.2) is 9.98 Å². The van der Waals surface area contributed by atoms with Gasteiger partial charge in [0.2, 0.25) is 5.96 Å². The number of aryl methyl sites for hydroxylation is 2. The first-order valence-corrected chi connectivity index (χ1v) is 9.19. The summed E-state index contributed by atoms with van der Waals surface area (Å²) in [5.41, 5.74) is 10.8. The van der Waals surface area contributed by atoms with Crippen molar-refractivity contribution in [2.75, 3.05) is 0 Å². The number of hydrogen-bond acceptors (Lipinski definition) is 1. The third kappa shape index (κ3) is 2.77. The summed E-state index contributed by atoms with van der Waals surface area (Å²) >= 11 is 0. The van der Waals surface area contributed by atoms with Crippen molar-refractivity contribution in [2.45, 2.75) is 12.8 Å². The lowest BCUT2D eigenvalue weighted by Crippen LogP contribution is -2.08. The van der Waals surface area contributed by atoms with Gasteiger partial charge in [-0.15, -0.1) is 0 Å². The Balaban J connectivity index is 1.53. The molecule has 3 heteroatoms. The van der Waals surface area contributed by atoms with E-state index in [1.807, 2.05) is 30.3 Å². The van der Waals surface area contributed by atoms with Crippen LogP contribution in [0.15, 0.2) is 82.8 Å². The van der Waals surface area contributed by atoms with Crippen molar-refractivity contribution in [1.29, 1.82) is 0 Å². The minimum atomic E-state index is 0.265. The SMILES string of the molecule is NC(N=Cc1cccc2ccccc12)=Nc1ccc2c3c(cccc13)CC2. The summed E-state index contributed by atoms with van der Waals surface area (Å²) < 4.78 is 0. The number of hydrogen-bond donors (Lipinski definition) is 1. The van der Waals surface area contributed by atoms with Gasteiger partial charge in [-0.3, -0.25) is 0 Å². The molecule has 0 amide bonds. The van der Waals surface area contributed by atoms with E-state index in [2.05, 4.69) is 52.4 Å². The molecule has 5 rings (SSSR count). The van der Waals surface area contributed by atoms with Crippen LogP contribution in [0.5, 0.6) is 0 Å². The molecule has 4 aromatic carbocycles. The Morgan fingerprint density at radius 1 is 0.778 bits per heavy atom. The highest BCUT2D eigenvalue weighted by molar-refractivity contribution is 6.05. The van der Waals surface area contributed by atoms with Crippen molar-refractivity contribution in [3.63, 3.8) is 0 Å². The van der Waals surface area contributed by atoms with E-state index in [1.165, 1.54) is 21.9 Å². The molecule has 3 nitrogen and oxygen atoms in total. The van der Waals surface area contributed by atoms with E-state index in [4.69, 9.17) is 5.73 Å². The van der Waals surface area contributed by atoms with Crippen LogP contribution >= 0.6 is 0 Å². The largest absolute Gasteiger partial charge is 0.368 e. The van der Waals surface area contributed by atoms with Crippen LogP contribution in [0, 0.1) is 0 Å². The van der Waals surface area contributed by atoms with Gasteiger partial charge in [-0.2, -0.15) is 0 Å². The van der Waals surface area contributed by atoms with E-state index in [0.29, 0.717) is 0 Å².